The van der Waals surface area contributed by atoms with Crippen LogP contribution in [0.1, 0.15) is 45.9 Å². The summed E-state index contributed by atoms with van der Waals surface area (Å²) in [6.45, 7) is 9.96. The fourth-order valence-electron chi connectivity index (χ4n) is 3.05. The Labute approximate surface area is 123 Å². The van der Waals surface area contributed by atoms with E-state index in [4.69, 9.17) is 0 Å². The van der Waals surface area contributed by atoms with Crippen molar-refractivity contribution < 1.29 is 0 Å². The van der Waals surface area contributed by atoms with Crippen LogP contribution in [-0.4, -0.2) is 40.0 Å². The molecule has 1 aromatic rings. The number of aromatic nitrogens is 2. The van der Waals surface area contributed by atoms with Gasteiger partial charge in [-0.25, -0.2) is 9.97 Å². The van der Waals surface area contributed by atoms with Crippen LogP contribution < -0.4 is 5.32 Å². The number of nitrogens with one attached hydrogen (secondary N) is 1. The summed E-state index contributed by atoms with van der Waals surface area (Å²) in [6, 6.07) is 3.09. The molecule has 2 heterocycles. The molecule has 1 aliphatic heterocycles. The molecule has 1 N–H and O–H groups in total. The summed E-state index contributed by atoms with van der Waals surface area (Å²) in [7, 11) is 0. The third-order valence-corrected chi connectivity index (χ3v) is 4.44. The number of hydrogen-bond donors (Lipinski definition) is 1. The first-order chi connectivity index (χ1) is 9.74. The Kier molecular flexibility index (Phi) is 5.92. The fourth-order valence-corrected chi connectivity index (χ4v) is 3.05. The van der Waals surface area contributed by atoms with Crippen LogP contribution in [0.5, 0.6) is 0 Å². The molecule has 4 heteroatoms. The zero-order chi connectivity index (χ0) is 14.4. The van der Waals surface area contributed by atoms with E-state index < -0.39 is 0 Å². The number of nitrogens with zero attached hydrogens (tertiary/aromatic N) is 3. The summed E-state index contributed by atoms with van der Waals surface area (Å²) in [4.78, 5) is 11.4. The Morgan fingerprint density at radius 3 is 2.75 bits per heavy atom. The van der Waals surface area contributed by atoms with Crippen LogP contribution in [0.15, 0.2) is 18.5 Å². The quantitative estimate of drug-likeness (QED) is 0.866. The van der Waals surface area contributed by atoms with Crippen molar-refractivity contribution in [3.8, 4) is 0 Å². The summed E-state index contributed by atoms with van der Waals surface area (Å²) in [5.74, 6) is 1.65. The lowest BCUT2D eigenvalue weighted by Crippen LogP contribution is -2.58. The highest BCUT2D eigenvalue weighted by Gasteiger charge is 2.30. The molecule has 3 unspecified atom stereocenters. The molecule has 1 aromatic heterocycles. The molecule has 0 aromatic carbocycles. The second-order valence-electron chi connectivity index (χ2n) is 5.94. The third-order valence-electron chi connectivity index (χ3n) is 4.44. The van der Waals surface area contributed by atoms with Crippen molar-refractivity contribution in [3.05, 3.63) is 24.3 Å². The number of piperazine rings is 1. The summed E-state index contributed by atoms with van der Waals surface area (Å²) in [5.41, 5.74) is 0. The van der Waals surface area contributed by atoms with Crippen LogP contribution in [0.3, 0.4) is 0 Å². The molecule has 1 saturated heterocycles. The molecule has 112 valence electrons. The van der Waals surface area contributed by atoms with E-state index in [2.05, 4.69) is 41.0 Å². The molecule has 0 bridgehead atoms. The third kappa shape index (κ3) is 4.00. The highest BCUT2D eigenvalue weighted by molar-refractivity contribution is 4.94. The van der Waals surface area contributed by atoms with Crippen LogP contribution >= 0.6 is 0 Å². The van der Waals surface area contributed by atoms with Gasteiger partial charge in [-0.05, 0) is 18.4 Å². The van der Waals surface area contributed by atoms with Crippen molar-refractivity contribution >= 4 is 0 Å². The molecule has 0 amide bonds. The van der Waals surface area contributed by atoms with E-state index in [-0.39, 0.29) is 0 Å². The van der Waals surface area contributed by atoms with Crippen molar-refractivity contribution in [2.75, 3.05) is 13.1 Å². The molecule has 1 aliphatic rings. The molecule has 0 saturated carbocycles. The maximum Gasteiger partial charge on any atom is 0.142 e. The van der Waals surface area contributed by atoms with Gasteiger partial charge in [0.15, 0.2) is 0 Å². The normalized spacial score (nSPS) is 25.6. The minimum Gasteiger partial charge on any atom is -0.311 e. The van der Waals surface area contributed by atoms with Crippen LogP contribution in [0.4, 0.5) is 0 Å². The number of rotatable bonds is 6. The lowest BCUT2D eigenvalue weighted by Gasteiger charge is -2.42. The standard InChI is InChI=1S/C16H28N4/c1-4-7-14-11-20(12-16-17-8-6-9-18-16)15(10-19-14)13(3)5-2/h6,8-9,13-15,19H,4-5,7,10-12H2,1-3H3. The highest BCUT2D eigenvalue weighted by atomic mass is 15.2. The smallest absolute Gasteiger partial charge is 0.142 e. The van der Waals surface area contributed by atoms with Crippen molar-refractivity contribution in [1.82, 2.24) is 20.2 Å². The maximum absolute atomic E-state index is 4.39. The van der Waals surface area contributed by atoms with E-state index >= 15 is 0 Å². The lowest BCUT2D eigenvalue weighted by atomic mass is 9.93. The van der Waals surface area contributed by atoms with E-state index in [9.17, 15) is 0 Å². The van der Waals surface area contributed by atoms with Crippen molar-refractivity contribution in [1.29, 1.82) is 0 Å². The van der Waals surface area contributed by atoms with Crippen LogP contribution in [0.2, 0.25) is 0 Å². The predicted molar refractivity (Wildman–Crippen MR) is 82.4 cm³/mol. The molecule has 1 fully saturated rings. The second-order valence-corrected chi connectivity index (χ2v) is 5.94. The monoisotopic (exact) mass is 276 g/mol. The molecule has 0 aliphatic carbocycles. The fraction of sp³-hybridized carbons (Fsp3) is 0.750. The van der Waals surface area contributed by atoms with Gasteiger partial charge in [-0.3, -0.25) is 4.90 Å². The van der Waals surface area contributed by atoms with Gasteiger partial charge >= 0.3 is 0 Å². The topological polar surface area (TPSA) is 41.1 Å². The maximum atomic E-state index is 4.39. The number of hydrogen-bond acceptors (Lipinski definition) is 4. The molecule has 0 spiro atoms. The van der Waals surface area contributed by atoms with Crippen LogP contribution in [0.25, 0.3) is 0 Å². The molecule has 4 nitrogen and oxygen atoms in total. The largest absolute Gasteiger partial charge is 0.311 e. The summed E-state index contributed by atoms with van der Waals surface area (Å²) < 4.78 is 0. The van der Waals surface area contributed by atoms with Gasteiger partial charge in [0, 0.05) is 37.6 Å². The van der Waals surface area contributed by atoms with Gasteiger partial charge < -0.3 is 5.32 Å². The van der Waals surface area contributed by atoms with E-state index in [0.29, 0.717) is 18.0 Å². The van der Waals surface area contributed by atoms with E-state index in [1.165, 1.54) is 19.3 Å². The lowest BCUT2D eigenvalue weighted by molar-refractivity contribution is 0.0794. The van der Waals surface area contributed by atoms with Gasteiger partial charge in [0.1, 0.15) is 5.82 Å². The predicted octanol–water partition coefficient (Wildman–Crippen LogP) is 2.47. The Hall–Kier alpha value is -1.00. The minimum absolute atomic E-state index is 0.594. The molecular weight excluding hydrogens is 248 g/mol. The average Bonchev–Trinajstić information content (AvgIpc) is 2.48. The zero-order valence-electron chi connectivity index (χ0n) is 13.0. The van der Waals surface area contributed by atoms with Gasteiger partial charge in [0.05, 0.1) is 6.54 Å². The molecular formula is C16H28N4. The van der Waals surface area contributed by atoms with E-state index in [1.54, 1.807) is 0 Å². The molecule has 2 rings (SSSR count). The summed E-state index contributed by atoms with van der Waals surface area (Å²) >= 11 is 0. The van der Waals surface area contributed by atoms with E-state index in [1.807, 2.05) is 18.5 Å². The van der Waals surface area contributed by atoms with Crippen molar-refractivity contribution in [2.24, 2.45) is 5.92 Å². The zero-order valence-corrected chi connectivity index (χ0v) is 13.0. The van der Waals surface area contributed by atoms with Crippen molar-refractivity contribution in [3.63, 3.8) is 0 Å². The summed E-state index contributed by atoms with van der Waals surface area (Å²) in [5, 5.41) is 3.72. The Morgan fingerprint density at radius 2 is 2.10 bits per heavy atom. The van der Waals surface area contributed by atoms with Crippen LogP contribution in [0, 0.1) is 5.92 Å². The van der Waals surface area contributed by atoms with Crippen LogP contribution in [-0.2, 0) is 6.54 Å². The summed E-state index contributed by atoms with van der Waals surface area (Å²) in [6.07, 6.45) is 7.39. The van der Waals surface area contributed by atoms with Gasteiger partial charge in [-0.2, -0.15) is 0 Å². The Bertz CT molecular complexity index is 381. The molecule has 0 radical (unpaired) electrons. The van der Waals surface area contributed by atoms with Gasteiger partial charge in [-0.15, -0.1) is 0 Å². The highest BCUT2D eigenvalue weighted by Crippen LogP contribution is 2.20. The first-order valence-electron chi connectivity index (χ1n) is 7.97. The molecule has 3 atom stereocenters. The van der Waals surface area contributed by atoms with Gasteiger partial charge in [0.25, 0.3) is 0 Å². The SMILES string of the molecule is CCCC1CN(Cc2ncccn2)C(C(C)CC)CN1. The average molecular weight is 276 g/mol. The Morgan fingerprint density at radius 1 is 1.35 bits per heavy atom. The minimum atomic E-state index is 0.594. The molecule has 20 heavy (non-hydrogen) atoms. The van der Waals surface area contributed by atoms with Gasteiger partial charge in [-0.1, -0.05) is 33.6 Å². The van der Waals surface area contributed by atoms with Gasteiger partial charge in [0.2, 0.25) is 0 Å². The first kappa shape index (κ1) is 15.4. The van der Waals surface area contributed by atoms with E-state index in [0.717, 1.165) is 25.5 Å². The second kappa shape index (κ2) is 7.70. The Balaban J connectivity index is 2.05. The van der Waals surface area contributed by atoms with Crippen molar-refractivity contribution in [2.45, 2.75) is 58.7 Å². The first-order valence-corrected chi connectivity index (χ1v) is 7.97.